The summed E-state index contributed by atoms with van der Waals surface area (Å²) in [7, 11) is 0. The average Bonchev–Trinajstić information content (AvgIpc) is 2.29. The van der Waals surface area contributed by atoms with Crippen LogP contribution in [0.4, 0.5) is 5.69 Å². The van der Waals surface area contributed by atoms with Crippen LogP contribution in [0.2, 0.25) is 0 Å². The molecule has 0 amide bonds. The van der Waals surface area contributed by atoms with Gasteiger partial charge in [-0.05, 0) is 18.4 Å². The van der Waals surface area contributed by atoms with Crippen LogP contribution in [-0.2, 0) is 0 Å². The summed E-state index contributed by atoms with van der Waals surface area (Å²) in [4.78, 5) is 0.989. The standard InChI is InChI=1S/C12H12N2S/c1-3-4-8-14-11-6-5-7-12(15-2)10(11)9-13/h1,5-7,14H,4,8H2,2H3. The average molecular weight is 216 g/mol. The molecule has 0 radical (unpaired) electrons. The summed E-state index contributed by atoms with van der Waals surface area (Å²) in [6.07, 6.45) is 7.78. The molecule has 1 rings (SSSR count). The fraction of sp³-hybridized carbons (Fsp3) is 0.250. The lowest BCUT2D eigenvalue weighted by Gasteiger charge is -2.08. The number of anilines is 1. The van der Waals surface area contributed by atoms with Crippen molar-refractivity contribution in [3.8, 4) is 18.4 Å². The lowest BCUT2D eigenvalue weighted by Crippen LogP contribution is -2.02. The van der Waals surface area contributed by atoms with Gasteiger partial charge in [0.25, 0.3) is 0 Å². The monoisotopic (exact) mass is 216 g/mol. The van der Waals surface area contributed by atoms with Crippen molar-refractivity contribution in [3.63, 3.8) is 0 Å². The molecule has 1 aromatic carbocycles. The quantitative estimate of drug-likeness (QED) is 0.477. The number of hydrogen-bond acceptors (Lipinski definition) is 3. The largest absolute Gasteiger partial charge is 0.383 e. The van der Waals surface area contributed by atoms with Gasteiger partial charge in [-0.3, -0.25) is 0 Å². The van der Waals surface area contributed by atoms with Gasteiger partial charge in [-0.1, -0.05) is 6.07 Å². The van der Waals surface area contributed by atoms with Crippen LogP contribution in [0.5, 0.6) is 0 Å². The van der Waals surface area contributed by atoms with E-state index < -0.39 is 0 Å². The molecule has 0 saturated carbocycles. The maximum Gasteiger partial charge on any atom is 0.102 e. The molecular formula is C12H12N2S. The zero-order valence-corrected chi connectivity index (χ0v) is 9.40. The predicted molar refractivity (Wildman–Crippen MR) is 64.9 cm³/mol. The van der Waals surface area contributed by atoms with E-state index in [4.69, 9.17) is 11.7 Å². The van der Waals surface area contributed by atoms with Crippen molar-refractivity contribution in [1.29, 1.82) is 5.26 Å². The van der Waals surface area contributed by atoms with Crippen molar-refractivity contribution in [3.05, 3.63) is 23.8 Å². The highest BCUT2D eigenvalue weighted by atomic mass is 32.2. The Morgan fingerprint density at radius 3 is 2.93 bits per heavy atom. The molecule has 0 saturated heterocycles. The molecule has 0 aliphatic rings. The number of benzene rings is 1. The first kappa shape index (κ1) is 11.5. The number of hydrogen-bond donors (Lipinski definition) is 1. The lowest BCUT2D eigenvalue weighted by atomic mass is 10.2. The highest BCUT2D eigenvalue weighted by molar-refractivity contribution is 7.98. The summed E-state index contributed by atoms with van der Waals surface area (Å²) in [6, 6.07) is 7.98. The van der Waals surface area contributed by atoms with Crippen molar-refractivity contribution in [2.24, 2.45) is 0 Å². The second kappa shape index (κ2) is 6.01. The highest BCUT2D eigenvalue weighted by Crippen LogP contribution is 2.25. The van der Waals surface area contributed by atoms with Crippen molar-refractivity contribution >= 4 is 17.4 Å². The molecule has 15 heavy (non-hydrogen) atoms. The van der Waals surface area contributed by atoms with Crippen molar-refractivity contribution in [1.82, 2.24) is 0 Å². The number of nitrogens with zero attached hydrogens (tertiary/aromatic N) is 1. The molecule has 0 heterocycles. The zero-order valence-electron chi connectivity index (χ0n) is 8.58. The van der Waals surface area contributed by atoms with Crippen LogP contribution in [0, 0.1) is 23.7 Å². The van der Waals surface area contributed by atoms with E-state index in [-0.39, 0.29) is 0 Å². The van der Waals surface area contributed by atoms with E-state index in [2.05, 4.69) is 17.3 Å². The number of terminal acetylenes is 1. The van der Waals surface area contributed by atoms with Crippen LogP contribution < -0.4 is 5.32 Å². The second-order valence-corrected chi connectivity index (χ2v) is 3.72. The van der Waals surface area contributed by atoms with E-state index in [0.717, 1.165) is 10.6 Å². The Hall–Kier alpha value is -1.58. The van der Waals surface area contributed by atoms with Gasteiger partial charge in [0.1, 0.15) is 6.07 Å². The molecule has 1 aromatic rings. The molecule has 2 nitrogen and oxygen atoms in total. The Labute approximate surface area is 94.7 Å². The predicted octanol–water partition coefficient (Wildman–Crippen LogP) is 2.72. The summed E-state index contributed by atoms with van der Waals surface area (Å²) in [6.45, 7) is 0.697. The summed E-state index contributed by atoms with van der Waals surface area (Å²) in [5.41, 5.74) is 1.56. The summed E-state index contributed by atoms with van der Waals surface area (Å²) in [5, 5.41) is 12.2. The maximum atomic E-state index is 9.04. The highest BCUT2D eigenvalue weighted by Gasteiger charge is 2.05. The van der Waals surface area contributed by atoms with E-state index in [0.29, 0.717) is 18.5 Å². The molecular weight excluding hydrogens is 204 g/mol. The third kappa shape index (κ3) is 2.94. The van der Waals surface area contributed by atoms with E-state index >= 15 is 0 Å². The Morgan fingerprint density at radius 1 is 1.53 bits per heavy atom. The number of thioether (sulfide) groups is 1. The summed E-state index contributed by atoms with van der Waals surface area (Å²) < 4.78 is 0. The van der Waals surface area contributed by atoms with E-state index in [1.165, 1.54) is 0 Å². The Balaban J connectivity index is 2.88. The fourth-order valence-corrected chi connectivity index (χ4v) is 1.81. The topological polar surface area (TPSA) is 35.8 Å². The molecule has 0 atom stereocenters. The molecule has 0 aliphatic carbocycles. The van der Waals surface area contributed by atoms with E-state index in [1.54, 1.807) is 11.8 Å². The van der Waals surface area contributed by atoms with Gasteiger partial charge >= 0.3 is 0 Å². The van der Waals surface area contributed by atoms with Crippen molar-refractivity contribution in [2.75, 3.05) is 18.1 Å². The van der Waals surface area contributed by atoms with Crippen LogP contribution >= 0.6 is 11.8 Å². The van der Waals surface area contributed by atoms with Crippen molar-refractivity contribution < 1.29 is 0 Å². The first-order valence-electron chi connectivity index (χ1n) is 4.58. The van der Waals surface area contributed by atoms with Gasteiger partial charge in [-0.2, -0.15) is 5.26 Å². The Kier molecular flexibility index (Phi) is 4.60. The van der Waals surface area contributed by atoms with Gasteiger partial charge in [0.05, 0.1) is 11.3 Å². The third-order valence-corrected chi connectivity index (χ3v) is 2.72. The van der Waals surface area contributed by atoms with Gasteiger partial charge in [0.2, 0.25) is 0 Å². The Morgan fingerprint density at radius 2 is 2.33 bits per heavy atom. The zero-order chi connectivity index (χ0) is 11.1. The molecule has 76 valence electrons. The molecule has 0 spiro atoms. The van der Waals surface area contributed by atoms with Crippen LogP contribution in [-0.4, -0.2) is 12.8 Å². The van der Waals surface area contributed by atoms with Gasteiger partial charge in [0, 0.05) is 17.9 Å². The second-order valence-electron chi connectivity index (χ2n) is 2.88. The van der Waals surface area contributed by atoms with Gasteiger partial charge in [-0.25, -0.2) is 0 Å². The Bertz CT molecular complexity index is 413. The van der Waals surface area contributed by atoms with E-state index in [9.17, 15) is 0 Å². The minimum absolute atomic E-state index is 0.661. The smallest absolute Gasteiger partial charge is 0.102 e. The van der Waals surface area contributed by atoms with Crippen molar-refractivity contribution in [2.45, 2.75) is 11.3 Å². The van der Waals surface area contributed by atoms with Crippen LogP contribution in [0.3, 0.4) is 0 Å². The normalized spacial score (nSPS) is 9.00. The lowest BCUT2D eigenvalue weighted by molar-refractivity contribution is 1.09. The molecule has 1 N–H and O–H groups in total. The minimum atomic E-state index is 0.661. The molecule has 3 heteroatoms. The molecule has 0 bridgehead atoms. The SMILES string of the molecule is C#CCCNc1cccc(SC)c1C#N. The van der Waals surface area contributed by atoms with E-state index in [1.807, 2.05) is 24.5 Å². The van der Waals surface area contributed by atoms with Gasteiger partial charge in [0.15, 0.2) is 0 Å². The van der Waals surface area contributed by atoms with Gasteiger partial charge in [-0.15, -0.1) is 24.1 Å². The third-order valence-electron chi connectivity index (χ3n) is 1.94. The molecule has 0 unspecified atom stereocenters. The summed E-state index contributed by atoms with van der Waals surface area (Å²) in [5.74, 6) is 2.55. The molecule has 0 aromatic heterocycles. The summed E-state index contributed by atoms with van der Waals surface area (Å²) >= 11 is 1.57. The van der Waals surface area contributed by atoms with Crippen LogP contribution in [0.15, 0.2) is 23.1 Å². The van der Waals surface area contributed by atoms with Gasteiger partial charge < -0.3 is 5.32 Å². The maximum absolute atomic E-state index is 9.04. The first-order chi connectivity index (χ1) is 7.33. The molecule has 0 fully saturated rings. The van der Waals surface area contributed by atoms with Crippen LogP contribution in [0.1, 0.15) is 12.0 Å². The number of nitrogens with one attached hydrogen (secondary N) is 1. The first-order valence-corrected chi connectivity index (χ1v) is 5.80. The minimum Gasteiger partial charge on any atom is -0.383 e. The van der Waals surface area contributed by atoms with Crippen LogP contribution in [0.25, 0.3) is 0 Å². The molecule has 0 aliphatic heterocycles. The number of rotatable bonds is 4. The fourth-order valence-electron chi connectivity index (χ4n) is 1.23. The number of nitriles is 1.